The number of benzene rings is 2. The molecule has 24 heavy (non-hydrogen) atoms. The summed E-state index contributed by atoms with van der Waals surface area (Å²) in [5, 5.41) is 13.6. The van der Waals surface area contributed by atoms with E-state index in [-0.39, 0.29) is 5.78 Å². The van der Waals surface area contributed by atoms with Crippen molar-refractivity contribution in [2.24, 2.45) is 0 Å². The van der Waals surface area contributed by atoms with Crippen molar-refractivity contribution in [3.63, 3.8) is 0 Å². The lowest BCUT2D eigenvalue weighted by atomic mass is 10.00. The fourth-order valence-corrected chi connectivity index (χ4v) is 3.76. The molecule has 3 rings (SSSR count). The van der Waals surface area contributed by atoms with Gasteiger partial charge in [-0.15, -0.1) is 0 Å². The van der Waals surface area contributed by atoms with Crippen molar-refractivity contribution in [3.8, 4) is 6.07 Å². The molecule has 122 valence electrons. The van der Waals surface area contributed by atoms with Gasteiger partial charge in [-0.2, -0.15) is 5.26 Å². The molecule has 0 saturated carbocycles. The van der Waals surface area contributed by atoms with E-state index < -0.39 is 6.04 Å². The second kappa shape index (κ2) is 6.84. The van der Waals surface area contributed by atoms with Gasteiger partial charge >= 0.3 is 0 Å². The molecule has 0 spiro atoms. The van der Waals surface area contributed by atoms with E-state index in [4.69, 9.17) is 23.2 Å². The summed E-state index contributed by atoms with van der Waals surface area (Å²) in [6.45, 7) is 1.53. The van der Waals surface area contributed by atoms with Crippen LogP contribution in [0, 0.1) is 11.3 Å². The Morgan fingerprint density at radius 3 is 2.42 bits per heavy atom. The van der Waals surface area contributed by atoms with Gasteiger partial charge in [0, 0.05) is 26.9 Å². The fraction of sp³-hybridized carbons (Fsp3) is 0.263. The highest BCUT2D eigenvalue weighted by atomic mass is 35.5. The van der Waals surface area contributed by atoms with Crippen LogP contribution >= 0.6 is 23.2 Å². The molecule has 0 fully saturated rings. The first-order valence-electron chi connectivity index (χ1n) is 7.78. The Labute approximate surface area is 151 Å². The Kier molecular flexibility index (Phi) is 4.80. The van der Waals surface area contributed by atoms with Crippen LogP contribution in [0.1, 0.15) is 46.4 Å². The van der Waals surface area contributed by atoms with Crippen LogP contribution in [0.25, 0.3) is 0 Å². The molecule has 3 nitrogen and oxygen atoms in total. The van der Waals surface area contributed by atoms with E-state index in [0.29, 0.717) is 26.9 Å². The Morgan fingerprint density at radius 1 is 1.21 bits per heavy atom. The molecule has 0 amide bonds. The molecule has 0 bridgehead atoms. The van der Waals surface area contributed by atoms with Crippen LogP contribution in [-0.4, -0.2) is 5.78 Å². The molecule has 0 saturated heterocycles. The van der Waals surface area contributed by atoms with Gasteiger partial charge < -0.3 is 5.32 Å². The van der Waals surface area contributed by atoms with Crippen LogP contribution in [0.5, 0.6) is 0 Å². The van der Waals surface area contributed by atoms with Crippen LogP contribution in [0.4, 0.5) is 5.69 Å². The molecule has 1 atom stereocenters. The fourth-order valence-electron chi connectivity index (χ4n) is 3.15. The van der Waals surface area contributed by atoms with Crippen molar-refractivity contribution < 1.29 is 4.79 Å². The topological polar surface area (TPSA) is 52.9 Å². The summed E-state index contributed by atoms with van der Waals surface area (Å²) < 4.78 is 0. The highest BCUT2D eigenvalue weighted by molar-refractivity contribution is 6.36. The second-order valence-electron chi connectivity index (χ2n) is 5.92. The normalized spacial score (nSPS) is 13.9. The Morgan fingerprint density at radius 2 is 1.83 bits per heavy atom. The zero-order chi connectivity index (χ0) is 17.3. The van der Waals surface area contributed by atoms with Crippen molar-refractivity contribution in [2.45, 2.75) is 32.2 Å². The van der Waals surface area contributed by atoms with Crippen molar-refractivity contribution >= 4 is 34.7 Å². The number of hydrogen-bond donors (Lipinski definition) is 1. The molecule has 2 aromatic carbocycles. The molecule has 1 aliphatic carbocycles. The SMILES string of the molecule is CC(=O)c1cc2c(cc1NC(C#N)c1c(Cl)cccc1Cl)CCC2. The van der Waals surface area contributed by atoms with Gasteiger partial charge in [0.2, 0.25) is 0 Å². The number of carbonyl (C=O) groups is 1. The number of nitrogens with zero attached hydrogens (tertiary/aromatic N) is 1. The van der Waals surface area contributed by atoms with Crippen LogP contribution in [0.3, 0.4) is 0 Å². The number of halogens is 2. The van der Waals surface area contributed by atoms with Gasteiger partial charge in [-0.3, -0.25) is 4.79 Å². The Balaban J connectivity index is 2.03. The van der Waals surface area contributed by atoms with E-state index in [1.807, 2.05) is 12.1 Å². The van der Waals surface area contributed by atoms with Gasteiger partial charge in [0.1, 0.15) is 6.04 Å². The minimum atomic E-state index is -0.733. The first kappa shape index (κ1) is 16.8. The average molecular weight is 359 g/mol. The molecule has 0 heterocycles. The molecule has 2 aromatic rings. The maximum atomic E-state index is 12.0. The summed E-state index contributed by atoms with van der Waals surface area (Å²) in [5.74, 6) is -0.0332. The number of hydrogen-bond acceptors (Lipinski definition) is 3. The number of Topliss-reactive ketones (excluding diaryl/α,β-unsaturated/α-hetero) is 1. The lowest BCUT2D eigenvalue weighted by molar-refractivity contribution is 0.101. The predicted molar refractivity (Wildman–Crippen MR) is 96.9 cm³/mol. The van der Waals surface area contributed by atoms with E-state index in [9.17, 15) is 10.1 Å². The summed E-state index contributed by atoms with van der Waals surface area (Å²) in [6, 6.07) is 10.5. The minimum absolute atomic E-state index is 0.0332. The summed E-state index contributed by atoms with van der Waals surface area (Å²) in [4.78, 5) is 12.0. The quantitative estimate of drug-likeness (QED) is 0.748. The number of ketones is 1. The van der Waals surface area contributed by atoms with Gasteiger partial charge in [-0.05, 0) is 61.6 Å². The van der Waals surface area contributed by atoms with E-state index >= 15 is 0 Å². The standard InChI is InChI=1S/C19H16Cl2N2O/c1-11(24)14-8-12-4-2-5-13(12)9-17(14)23-18(10-22)19-15(20)6-3-7-16(19)21/h3,6-9,18,23H,2,4-5H2,1H3. The highest BCUT2D eigenvalue weighted by Gasteiger charge is 2.22. The first-order valence-corrected chi connectivity index (χ1v) is 8.53. The number of fused-ring (bicyclic) bond motifs is 1. The van der Waals surface area contributed by atoms with E-state index in [0.717, 1.165) is 19.3 Å². The largest absolute Gasteiger partial charge is 0.365 e. The molecular weight excluding hydrogens is 343 g/mol. The molecule has 1 N–H and O–H groups in total. The summed E-state index contributed by atoms with van der Waals surface area (Å²) in [6.07, 6.45) is 3.08. The molecule has 1 unspecified atom stereocenters. The van der Waals surface area contributed by atoms with Crippen LogP contribution < -0.4 is 5.32 Å². The maximum absolute atomic E-state index is 12.0. The molecule has 0 radical (unpaired) electrons. The number of nitriles is 1. The molecule has 1 aliphatic rings. The maximum Gasteiger partial charge on any atom is 0.161 e. The molecule has 0 aliphatic heterocycles. The van der Waals surface area contributed by atoms with Crippen LogP contribution in [-0.2, 0) is 12.8 Å². The van der Waals surface area contributed by atoms with E-state index in [1.165, 1.54) is 18.1 Å². The number of aryl methyl sites for hydroxylation is 2. The van der Waals surface area contributed by atoms with Gasteiger partial charge in [-0.1, -0.05) is 29.3 Å². The predicted octanol–water partition coefficient (Wildman–Crippen LogP) is 5.36. The lowest BCUT2D eigenvalue weighted by Crippen LogP contribution is -2.13. The zero-order valence-corrected chi connectivity index (χ0v) is 14.7. The zero-order valence-electron chi connectivity index (χ0n) is 13.2. The first-order chi connectivity index (χ1) is 11.5. The smallest absolute Gasteiger partial charge is 0.161 e. The van der Waals surface area contributed by atoms with E-state index in [1.54, 1.807) is 18.2 Å². The number of anilines is 1. The number of nitrogens with one attached hydrogen (secondary N) is 1. The average Bonchev–Trinajstić information content (AvgIpc) is 2.99. The highest BCUT2D eigenvalue weighted by Crippen LogP contribution is 2.35. The summed E-state index contributed by atoms with van der Waals surface area (Å²) in [7, 11) is 0. The minimum Gasteiger partial charge on any atom is -0.365 e. The number of carbonyl (C=O) groups excluding carboxylic acids is 1. The number of rotatable bonds is 4. The molecule has 5 heteroatoms. The third-order valence-electron chi connectivity index (χ3n) is 4.33. The third-order valence-corrected chi connectivity index (χ3v) is 4.99. The van der Waals surface area contributed by atoms with Gasteiger partial charge in [-0.25, -0.2) is 0 Å². The van der Waals surface area contributed by atoms with Gasteiger partial charge in [0.05, 0.1) is 6.07 Å². The monoisotopic (exact) mass is 358 g/mol. The van der Waals surface area contributed by atoms with Gasteiger partial charge in [0.15, 0.2) is 5.78 Å². The van der Waals surface area contributed by atoms with Gasteiger partial charge in [0.25, 0.3) is 0 Å². The van der Waals surface area contributed by atoms with Crippen LogP contribution in [0.15, 0.2) is 30.3 Å². The Bertz CT molecular complexity index is 835. The lowest BCUT2D eigenvalue weighted by Gasteiger charge is -2.19. The van der Waals surface area contributed by atoms with Crippen molar-refractivity contribution in [2.75, 3.05) is 5.32 Å². The Hall–Kier alpha value is -2.02. The van der Waals surface area contributed by atoms with Crippen molar-refractivity contribution in [1.29, 1.82) is 5.26 Å². The van der Waals surface area contributed by atoms with Crippen molar-refractivity contribution in [3.05, 3.63) is 62.6 Å². The van der Waals surface area contributed by atoms with Crippen molar-refractivity contribution in [1.82, 2.24) is 0 Å². The molecule has 0 aromatic heterocycles. The van der Waals surface area contributed by atoms with E-state index in [2.05, 4.69) is 11.4 Å². The van der Waals surface area contributed by atoms with Crippen LogP contribution in [0.2, 0.25) is 10.0 Å². The third kappa shape index (κ3) is 3.13. The summed E-state index contributed by atoms with van der Waals surface area (Å²) in [5.41, 5.74) is 4.22. The second-order valence-corrected chi connectivity index (χ2v) is 6.73. The molecular formula is C19H16Cl2N2O. The summed E-state index contributed by atoms with van der Waals surface area (Å²) >= 11 is 12.4.